The minimum absolute atomic E-state index is 0.479. The molecule has 0 radical (unpaired) electrons. The molecule has 102 valence electrons. The fourth-order valence-corrected chi connectivity index (χ4v) is 2.36. The highest BCUT2D eigenvalue weighted by Gasteiger charge is 2.46. The van der Waals surface area contributed by atoms with Gasteiger partial charge >= 0.3 is 0 Å². The summed E-state index contributed by atoms with van der Waals surface area (Å²) in [7, 11) is 0. The molecule has 0 unspecified atom stereocenters. The van der Waals surface area contributed by atoms with Crippen LogP contribution < -0.4 is 5.32 Å². The van der Waals surface area contributed by atoms with Crippen LogP contribution in [-0.4, -0.2) is 5.91 Å². The first-order chi connectivity index (χ1) is 9.62. The SMILES string of the molecule is O=C(NC1(c2ccccc2)CC1)c1c(F)cccc1F. The van der Waals surface area contributed by atoms with Gasteiger partial charge in [0.05, 0.1) is 5.54 Å². The van der Waals surface area contributed by atoms with E-state index in [-0.39, 0.29) is 0 Å². The van der Waals surface area contributed by atoms with E-state index in [1.807, 2.05) is 30.3 Å². The van der Waals surface area contributed by atoms with Gasteiger partial charge in [-0.2, -0.15) is 0 Å². The molecule has 1 fully saturated rings. The van der Waals surface area contributed by atoms with Crippen molar-refractivity contribution in [1.82, 2.24) is 5.32 Å². The molecule has 1 aliphatic rings. The molecule has 0 heterocycles. The molecule has 1 aliphatic carbocycles. The molecule has 3 rings (SSSR count). The van der Waals surface area contributed by atoms with E-state index in [0.717, 1.165) is 30.5 Å². The monoisotopic (exact) mass is 273 g/mol. The summed E-state index contributed by atoms with van der Waals surface area (Å²) in [5, 5.41) is 2.76. The molecule has 4 heteroatoms. The Morgan fingerprint density at radius 3 is 2.10 bits per heavy atom. The van der Waals surface area contributed by atoms with E-state index >= 15 is 0 Å². The molecule has 20 heavy (non-hydrogen) atoms. The lowest BCUT2D eigenvalue weighted by Gasteiger charge is -2.18. The topological polar surface area (TPSA) is 29.1 Å². The average molecular weight is 273 g/mol. The molecule has 2 aromatic rings. The summed E-state index contributed by atoms with van der Waals surface area (Å²) in [6.45, 7) is 0. The van der Waals surface area contributed by atoms with Crippen LogP contribution in [0, 0.1) is 11.6 Å². The summed E-state index contributed by atoms with van der Waals surface area (Å²) in [5.74, 6) is -2.39. The number of hydrogen-bond donors (Lipinski definition) is 1. The molecule has 0 bridgehead atoms. The van der Waals surface area contributed by atoms with Crippen molar-refractivity contribution in [1.29, 1.82) is 0 Å². The van der Waals surface area contributed by atoms with Gasteiger partial charge in [0.15, 0.2) is 0 Å². The fourth-order valence-electron chi connectivity index (χ4n) is 2.36. The number of halogens is 2. The van der Waals surface area contributed by atoms with Crippen molar-refractivity contribution >= 4 is 5.91 Å². The maximum Gasteiger partial charge on any atom is 0.257 e. The van der Waals surface area contributed by atoms with Gasteiger partial charge in [0.2, 0.25) is 0 Å². The Labute approximate surface area is 115 Å². The zero-order valence-electron chi connectivity index (χ0n) is 10.7. The summed E-state index contributed by atoms with van der Waals surface area (Å²) < 4.78 is 27.2. The van der Waals surface area contributed by atoms with E-state index in [9.17, 15) is 13.6 Å². The predicted molar refractivity (Wildman–Crippen MR) is 71.2 cm³/mol. The van der Waals surface area contributed by atoms with Crippen molar-refractivity contribution in [2.45, 2.75) is 18.4 Å². The van der Waals surface area contributed by atoms with E-state index in [1.54, 1.807) is 0 Å². The molecule has 1 amide bonds. The van der Waals surface area contributed by atoms with Gasteiger partial charge < -0.3 is 5.32 Å². The second kappa shape index (κ2) is 4.71. The van der Waals surface area contributed by atoms with E-state index in [0.29, 0.717) is 0 Å². The third-order valence-electron chi connectivity index (χ3n) is 3.62. The Hall–Kier alpha value is -2.23. The Morgan fingerprint density at radius 2 is 1.55 bits per heavy atom. The summed E-state index contributed by atoms with van der Waals surface area (Å²) >= 11 is 0. The minimum atomic E-state index is -0.841. The summed E-state index contributed by atoms with van der Waals surface area (Å²) in [6, 6.07) is 12.9. The molecular weight excluding hydrogens is 260 g/mol. The van der Waals surface area contributed by atoms with Crippen LogP contribution in [-0.2, 0) is 5.54 Å². The van der Waals surface area contributed by atoms with Crippen molar-refractivity contribution < 1.29 is 13.6 Å². The van der Waals surface area contributed by atoms with Gasteiger partial charge in [0.25, 0.3) is 5.91 Å². The van der Waals surface area contributed by atoms with Gasteiger partial charge in [-0.05, 0) is 30.5 Å². The summed E-state index contributed by atoms with van der Waals surface area (Å²) in [6.07, 6.45) is 1.55. The lowest BCUT2D eigenvalue weighted by molar-refractivity contribution is 0.0922. The van der Waals surface area contributed by atoms with Crippen LogP contribution in [0.25, 0.3) is 0 Å². The van der Waals surface area contributed by atoms with Crippen molar-refractivity contribution in [2.75, 3.05) is 0 Å². The third-order valence-corrected chi connectivity index (χ3v) is 3.62. The smallest absolute Gasteiger partial charge is 0.257 e. The molecule has 1 saturated carbocycles. The number of benzene rings is 2. The number of carbonyl (C=O) groups is 1. The van der Waals surface area contributed by atoms with Gasteiger partial charge in [-0.1, -0.05) is 36.4 Å². The number of carbonyl (C=O) groups excluding carboxylic acids is 1. The molecule has 0 aromatic heterocycles. The highest BCUT2D eigenvalue weighted by Crippen LogP contribution is 2.45. The van der Waals surface area contributed by atoms with Crippen LogP contribution in [0.15, 0.2) is 48.5 Å². The quantitative estimate of drug-likeness (QED) is 0.912. The van der Waals surface area contributed by atoms with Crippen LogP contribution in [0.5, 0.6) is 0 Å². The molecule has 0 saturated heterocycles. The first-order valence-electron chi connectivity index (χ1n) is 6.44. The van der Waals surface area contributed by atoms with E-state index in [1.165, 1.54) is 6.07 Å². The Kier molecular flexibility index (Phi) is 3.01. The van der Waals surface area contributed by atoms with Crippen molar-refractivity contribution in [3.8, 4) is 0 Å². The van der Waals surface area contributed by atoms with E-state index in [2.05, 4.69) is 5.32 Å². The number of nitrogens with one attached hydrogen (secondary N) is 1. The minimum Gasteiger partial charge on any atom is -0.342 e. The molecule has 0 atom stereocenters. The van der Waals surface area contributed by atoms with Crippen molar-refractivity contribution in [3.05, 3.63) is 71.3 Å². The van der Waals surface area contributed by atoms with Gasteiger partial charge in [-0.3, -0.25) is 4.79 Å². The predicted octanol–water partition coefficient (Wildman–Crippen LogP) is 3.38. The van der Waals surface area contributed by atoms with Crippen LogP contribution in [0.2, 0.25) is 0 Å². The second-order valence-electron chi connectivity index (χ2n) is 5.00. The zero-order chi connectivity index (χ0) is 14.2. The largest absolute Gasteiger partial charge is 0.342 e. The number of rotatable bonds is 3. The first-order valence-corrected chi connectivity index (χ1v) is 6.44. The highest BCUT2D eigenvalue weighted by molar-refractivity contribution is 5.95. The van der Waals surface area contributed by atoms with Gasteiger partial charge in [-0.15, -0.1) is 0 Å². The molecular formula is C16H13F2NO. The van der Waals surface area contributed by atoms with E-state index < -0.39 is 28.6 Å². The lowest BCUT2D eigenvalue weighted by Crippen LogP contribution is -2.35. The summed E-state index contributed by atoms with van der Waals surface area (Å²) in [5.41, 5.74) is -0.0348. The fraction of sp³-hybridized carbons (Fsp3) is 0.188. The van der Waals surface area contributed by atoms with Crippen LogP contribution in [0.1, 0.15) is 28.8 Å². The Balaban J connectivity index is 1.87. The van der Waals surface area contributed by atoms with Gasteiger partial charge in [-0.25, -0.2) is 8.78 Å². The highest BCUT2D eigenvalue weighted by atomic mass is 19.1. The molecule has 2 aromatic carbocycles. The van der Waals surface area contributed by atoms with Crippen LogP contribution in [0.4, 0.5) is 8.78 Å². The number of hydrogen-bond acceptors (Lipinski definition) is 1. The summed E-state index contributed by atoms with van der Waals surface area (Å²) in [4.78, 5) is 12.1. The van der Waals surface area contributed by atoms with Crippen molar-refractivity contribution in [2.24, 2.45) is 0 Å². The Bertz CT molecular complexity index is 631. The lowest BCUT2D eigenvalue weighted by atomic mass is 10.0. The molecule has 1 N–H and O–H groups in total. The standard InChI is InChI=1S/C16H13F2NO/c17-12-7-4-8-13(18)14(12)15(20)19-16(9-10-16)11-5-2-1-3-6-11/h1-8H,9-10H2,(H,19,20). The average Bonchev–Trinajstić information content (AvgIpc) is 3.20. The normalized spacial score (nSPS) is 15.7. The maximum absolute atomic E-state index is 13.6. The second-order valence-corrected chi connectivity index (χ2v) is 5.00. The number of amides is 1. The van der Waals surface area contributed by atoms with Crippen LogP contribution in [0.3, 0.4) is 0 Å². The first kappa shape index (κ1) is 12.8. The maximum atomic E-state index is 13.6. The van der Waals surface area contributed by atoms with Gasteiger partial charge in [0, 0.05) is 0 Å². The third kappa shape index (κ3) is 2.18. The zero-order valence-corrected chi connectivity index (χ0v) is 10.7. The molecule has 0 aliphatic heterocycles. The van der Waals surface area contributed by atoms with E-state index in [4.69, 9.17) is 0 Å². The van der Waals surface area contributed by atoms with Crippen LogP contribution >= 0.6 is 0 Å². The molecule has 2 nitrogen and oxygen atoms in total. The van der Waals surface area contributed by atoms with Crippen molar-refractivity contribution in [3.63, 3.8) is 0 Å². The Morgan fingerprint density at radius 1 is 0.950 bits per heavy atom. The van der Waals surface area contributed by atoms with Gasteiger partial charge in [0.1, 0.15) is 17.2 Å². The molecule has 0 spiro atoms.